The summed E-state index contributed by atoms with van der Waals surface area (Å²) in [7, 11) is 0. The van der Waals surface area contributed by atoms with Gasteiger partial charge in [0, 0.05) is 0 Å². The average molecular weight is 301 g/mol. The monoisotopic (exact) mass is 301 g/mol. The Kier molecular flexibility index (Phi) is 4.47. The van der Waals surface area contributed by atoms with E-state index >= 15 is 0 Å². The standard InChI is InChI=1S/C10H15N5O6/c11-5(17)1-12-6-2-13-15(10(20)14-6)9-8(19)7(18)4(3-16)21-9/h2,4,7-9,16,18-19H,1,3H2,(H2,11,17)(H,12,14,20)/t4-,7-,8-,9-/m1/s1. The van der Waals surface area contributed by atoms with Crippen LogP contribution in [0.2, 0.25) is 0 Å². The lowest BCUT2D eigenvalue weighted by molar-refractivity contribution is -0.116. The van der Waals surface area contributed by atoms with Crippen molar-refractivity contribution in [1.29, 1.82) is 0 Å². The molecule has 11 heteroatoms. The molecule has 0 saturated carbocycles. The maximum Gasteiger partial charge on any atom is 0.368 e. The van der Waals surface area contributed by atoms with E-state index in [2.05, 4.69) is 15.4 Å². The molecule has 21 heavy (non-hydrogen) atoms. The number of ether oxygens (including phenoxy) is 1. The van der Waals surface area contributed by atoms with E-state index in [1.807, 2.05) is 0 Å². The van der Waals surface area contributed by atoms with Crippen LogP contribution in [-0.4, -0.2) is 67.5 Å². The number of carbonyl (C=O) groups excluding carboxylic acids is 1. The van der Waals surface area contributed by atoms with Gasteiger partial charge in [0.05, 0.1) is 19.3 Å². The Hall–Kier alpha value is -2.08. The summed E-state index contributed by atoms with van der Waals surface area (Å²) in [5.74, 6) is -0.605. The Labute approximate surface area is 118 Å². The zero-order valence-corrected chi connectivity index (χ0v) is 10.8. The second-order valence-electron chi connectivity index (χ2n) is 4.42. The van der Waals surface area contributed by atoms with Gasteiger partial charge in [0.15, 0.2) is 12.0 Å². The molecule has 0 radical (unpaired) electrons. The number of hydrogen-bond donors (Lipinski definition) is 5. The van der Waals surface area contributed by atoms with Crippen molar-refractivity contribution < 1.29 is 24.9 Å². The first kappa shape index (κ1) is 15.3. The molecule has 1 aliphatic rings. The molecule has 0 aromatic carbocycles. The molecule has 1 aromatic heterocycles. The van der Waals surface area contributed by atoms with Crippen molar-refractivity contribution in [3.8, 4) is 0 Å². The lowest BCUT2D eigenvalue weighted by Gasteiger charge is -2.15. The predicted octanol–water partition coefficient (Wildman–Crippen LogP) is -3.85. The number of nitrogens with one attached hydrogen (secondary N) is 1. The topological polar surface area (TPSA) is 173 Å². The molecule has 6 N–H and O–H groups in total. The van der Waals surface area contributed by atoms with Crippen LogP contribution in [0.4, 0.5) is 5.82 Å². The van der Waals surface area contributed by atoms with Gasteiger partial charge >= 0.3 is 5.69 Å². The largest absolute Gasteiger partial charge is 0.394 e. The lowest BCUT2D eigenvalue weighted by atomic mass is 10.1. The predicted molar refractivity (Wildman–Crippen MR) is 67.0 cm³/mol. The van der Waals surface area contributed by atoms with Gasteiger partial charge in [-0.1, -0.05) is 0 Å². The molecule has 116 valence electrons. The molecular formula is C10H15N5O6. The Morgan fingerprint density at radius 1 is 1.48 bits per heavy atom. The number of aliphatic hydroxyl groups excluding tert-OH is 3. The Morgan fingerprint density at radius 2 is 2.19 bits per heavy atom. The SMILES string of the molecule is NC(=O)CNc1cnn([C@@H]2O[C@H](CO)[C@@H](O)[C@H]2O)c(=O)n1. The van der Waals surface area contributed by atoms with E-state index in [9.17, 15) is 19.8 Å². The van der Waals surface area contributed by atoms with Crippen LogP contribution in [0.25, 0.3) is 0 Å². The van der Waals surface area contributed by atoms with E-state index in [1.165, 1.54) is 0 Å². The van der Waals surface area contributed by atoms with Gasteiger partial charge in [-0.3, -0.25) is 4.79 Å². The fraction of sp³-hybridized carbons (Fsp3) is 0.600. The molecule has 0 aliphatic carbocycles. The van der Waals surface area contributed by atoms with E-state index in [-0.39, 0.29) is 12.4 Å². The first-order valence-corrected chi connectivity index (χ1v) is 6.04. The summed E-state index contributed by atoms with van der Waals surface area (Å²) in [5, 5.41) is 34.6. The highest BCUT2D eigenvalue weighted by Gasteiger charge is 2.44. The van der Waals surface area contributed by atoms with Crippen LogP contribution < -0.4 is 16.7 Å². The van der Waals surface area contributed by atoms with E-state index < -0.39 is 42.7 Å². The van der Waals surface area contributed by atoms with Gasteiger partial charge in [-0.2, -0.15) is 14.8 Å². The van der Waals surface area contributed by atoms with Crippen LogP contribution in [0.5, 0.6) is 0 Å². The summed E-state index contributed by atoms with van der Waals surface area (Å²) in [6, 6.07) is 0. The van der Waals surface area contributed by atoms with Crippen molar-refractivity contribution >= 4 is 11.7 Å². The van der Waals surface area contributed by atoms with Crippen LogP contribution in [-0.2, 0) is 9.53 Å². The highest BCUT2D eigenvalue weighted by Crippen LogP contribution is 2.27. The van der Waals surface area contributed by atoms with Gasteiger partial charge in [-0.15, -0.1) is 0 Å². The number of aromatic nitrogens is 3. The number of nitrogens with two attached hydrogens (primary N) is 1. The summed E-state index contributed by atoms with van der Waals surface area (Å²) in [5.41, 5.74) is 4.07. The molecule has 2 rings (SSSR count). The Bertz CT molecular complexity index is 577. The highest BCUT2D eigenvalue weighted by atomic mass is 16.6. The zero-order valence-electron chi connectivity index (χ0n) is 10.8. The van der Waals surface area contributed by atoms with E-state index in [4.69, 9.17) is 15.6 Å². The number of aliphatic hydroxyl groups is 3. The maximum atomic E-state index is 11.8. The third-order valence-corrected chi connectivity index (χ3v) is 2.92. The molecule has 0 spiro atoms. The minimum Gasteiger partial charge on any atom is -0.394 e. The number of rotatable bonds is 5. The number of primary amides is 1. The van der Waals surface area contributed by atoms with Crippen molar-refractivity contribution in [2.75, 3.05) is 18.5 Å². The van der Waals surface area contributed by atoms with E-state index in [1.54, 1.807) is 0 Å². The molecule has 1 fully saturated rings. The maximum absolute atomic E-state index is 11.8. The van der Waals surface area contributed by atoms with Crippen LogP contribution in [0.1, 0.15) is 6.23 Å². The van der Waals surface area contributed by atoms with Crippen molar-refractivity contribution in [2.45, 2.75) is 24.5 Å². The molecule has 2 heterocycles. The van der Waals surface area contributed by atoms with Gasteiger partial charge in [0.1, 0.15) is 18.3 Å². The zero-order chi connectivity index (χ0) is 15.6. The highest BCUT2D eigenvalue weighted by molar-refractivity contribution is 5.78. The summed E-state index contributed by atoms with van der Waals surface area (Å²) >= 11 is 0. The van der Waals surface area contributed by atoms with E-state index in [0.717, 1.165) is 10.9 Å². The Morgan fingerprint density at radius 3 is 2.71 bits per heavy atom. The number of anilines is 1. The lowest BCUT2D eigenvalue weighted by Crippen LogP contribution is -2.37. The summed E-state index contributed by atoms with van der Waals surface area (Å²) in [6.07, 6.45) is -3.92. The number of nitrogens with zero attached hydrogens (tertiary/aromatic N) is 3. The van der Waals surface area contributed by atoms with Gasteiger partial charge < -0.3 is 31.1 Å². The second-order valence-corrected chi connectivity index (χ2v) is 4.42. The van der Waals surface area contributed by atoms with E-state index in [0.29, 0.717) is 0 Å². The average Bonchev–Trinajstić information content (AvgIpc) is 2.73. The molecule has 11 nitrogen and oxygen atoms in total. The number of amides is 1. The van der Waals surface area contributed by atoms with Crippen molar-refractivity contribution in [2.24, 2.45) is 5.73 Å². The smallest absolute Gasteiger partial charge is 0.368 e. The minimum atomic E-state index is -1.43. The quantitative estimate of drug-likeness (QED) is 0.365. The first-order chi connectivity index (χ1) is 9.93. The van der Waals surface area contributed by atoms with Crippen LogP contribution in [0.3, 0.4) is 0 Å². The fourth-order valence-corrected chi connectivity index (χ4v) is 1.87. The van der Waals surface area contributed by atoms with Crippen LogP contribution >= 0.6 is 0 Å². The number of hydrogen-bond acceptors (Lipinski definition) is 9. The van der Waals surface area contributed by atoms with Gasteiger partial charge in [0.2, 0.25) is 5.91 Å². The molecule has 0 unspecified atom stereocenters. The van der Waals surface area contributed by atoms with Crippen LogP contribution in [0.15, 0.2) is 11.0 Å². The Balaban J connectivity index is 2.18. The minimum absolute atomic E-state index is 0.0294. The molecule has 1 aliphatic heterocycles. The molecule has 1 aromatic rings. The first-order valence-electron chi connectivity index (χ1n) is 6.04. The number of carbonyl (C=O) groups is 1. The van der Waals surface area contributed by atoms with Crippen molar-refractivity contribution in [3.05, 3.63) is 16.7 Å². The van der Waals surface area contributed by atoms with Crippen molar-refractivity contribution in [3.63, 3.8) is 0 Å². The molecule has 1 amide bonds. The molecule has 0 bridgehead atoms. The van der Waals surface area contributed by atoms with Crippen molar-refractivity contribution in [1.82, 2.24) is 14.8 Å². The molecular weight excluding hydrogens is 286 g/mol. The van der Waals surface area contributed by atoms with Gasteiger partial charge in [-0.25, -0.2) is 4.79 Å². The second kappa shape index (κ2) is 6.13. The third kappa shape index (κ3) is 3.16. The van der Waals surface area contributed by atoms with Crippen LogP contribution in [0, 0.1) is 0 Å². The molecule has 4 atom stereocenters. The third-order valence-electron chi connectivity index (χ3n) is 2.92. The molecule has 1 saturated heterocycles. The fourth-order valence-electron chi connectivity index (χ4n) is 1.87. The summed E-state index contributed by atoms with van der Waals surface area (Å²) in [6.45, 7) is -0.735. The van der Waals surface area contributed by atoms with Gasteiger partial charge in [-0.05, 0) is 0 Å². The summed E-state index contributed by atoms with van der Waals surface area (Å²) in [4.78, 5) is 26.0. The summed E-state index contributed by atoms with van der Waals surface area (Å²) < 4.78 is 5.89. The van der Waals surface area contributed by atoms with Gasteiger partial charge in [0.25, 0.3) is 0 Å². The normalized spacial score (nSPS) is 28.5.